The topological polar surface area (TPSA) is 182 Å². The fraction of sp³-hybridized carbons (Fsp3) is 0.176. The molecule has 2 aromatic carbocycles. The van der Waals surface area contributed by atoms with Gasteiger partial charge in [0.15, 0.2) is 13.2 Å². The normalized spacial score (nSPS) is 10.7. The van der Waals surface area contributed by atoms with E-state index in [1.807, 2.05) is 0 Å². The number of nitro benzene ring substituents is 2. The molecule has 31 heavy (non-hydrogen) atoms. The largest absolute Gasteiger partial charge is 0.453 e. The number of benzene rings is 2. The minimum atomic E-state index is -2.17. The van der Waals surface area contributed by atoms with Crippen molar-refractivity contribution in [3.63, 3.8) is 0 Å². The number of nitro groups is 3. The maximum absolute atomic E-state index is 12.0. The molecule has 0 saturated carbocycles. The first-order valence-corrected chi connectivity index (χ1v) is 8.99. The molecule has 13 nitrogen and oxygen atoms in total. The molecule has 162 valence electrons. The highest BCUT2D eigenvalue weighted by Crippen LogP contribution is 2.22. The summed E-state index contributed by atoms with van der Waals surface area (Å²) in [6, 6.07) is 8.76. The Morgan fingerprint density at radius 2 is 1.06 bits per heavy atom. The molecule has 0 fully saturated rings. The first-order valence-electron chi connectivity index (χ1n) is 8.20. The summed E-state index contributed by atoms with van der Waals surface area (Å²) < 4.78 is 7.58. The molecular weight excluding hydrogens is 486 g/mol. The second-order valence-corrected chi connectivity index (χ2v) is 7.41. The van der Waals surface area contributed by atoms with Gasteiger partial charge in [-0.3, -0.25) is 30.3 Å². The molecule has 0 aliphatic rings. The maximum atomic E-state index is 12.0. The Morgan fingerprint density at radius 1 is 0.742 bits per heavy atom. The van der Waals surface area contributed by atoms with Gasteiger partial charge in [0.2, 0.25) is 0 Å². The number of halogens is 1. The van der Waals surface area contributed by atoms with E-state index < -0.39 is 44.4 Å². The van der Waals surface area contributed by atoms with E-state index >= 15 is 0 Å². The molecule has 0 amide bonds. The summed E-state index contributed by atoms with van der Waals surface area (Å²) in [7, 11) is 0. The fourth-order valence-electron chi connectivity index (χ4n) is 2.10. The maximum Gasteiger partial charge on any atom is 0.341 e. The summed E-state index contributed by atoms with van der Waals surface area (Å²) in [6.45, 7) is -1.66. The van der Waals surface area contributed by atoms with Gasteiger partial charge in [0, 0.05) is 45.1 Å². The molecule has 0 radical (unpaired) electrons. The second-order valence-electron chi connectivity index (χ2n) is 5.94. The van der Waals surface area contributed by atoms with Gasteiger partial charge in [-0.2, -0.15) is 0 Å². The fourth-order valence-corrected chi connectivity index (χ4v) is 2.33. The molecule has 0 aliphatic heterocycles. The summed E-state index contributed by atoms with van der Waals surface area (Å²) in [5.41, 5.74) is -0.664. The standard InChI is InChI=1S/C17H12BrN3O10/c18-17(21(28)29,9-30-15(22)11-1-5-13(6-2-11)19(24)25)10-31-16(23)12-3-7-14(8-4-12)20(26)27/h1-8H,9-10H2. The number of ether oxygens (including phenoxy) is 2. The average Bonchev–Trinajstić information content (AvgIpc) is 2.75. The predicted octanol–water partition coefficient (Wildman–Crippen LogP) is 2.88. The lowest BCUT2D eigenvalue weighted by atomic mass is 10.2. The van der Waals surface area contributed by atoms with Crippen LogP contribution >= 0.6 is 15.9 Å². The molecule has 0 unspecified atom stereocenters. The summed E-state index contributed by atoms with van der Waals surface area (Å²) >= 11 is 2.78. The Kier molecular flexibility index (Phi) is 7.31. The number of hydrogen-bond acceptors (Lipinski definition) is 10. The van der Waals surface area contributed by atoms with E-state index in [1.54, 1.807) is 0 Å². The first-order chi connectivity index (χ1) is 14.5. The third kappa shape index (κ3) is 6.02. The van der Waals surface area contributed by atoms with Crippen LogP contribution in [0.25, 0.3) is 0 Å². The third-order valence-corrected chi connectivity index (χ3v) is 4.55. The highest BCUT2D eigenvalue weighted by atomic mass is 79.9. The van der Waals surface area contributed by atoms with Gasteiger partial charge in [0.05, 0.1) is 21.0 Å². The van der Waals surface area contributed by atoms with Crippen LogP contribution < -0.4 is 0 Å². The zero-order valence-electron chi connectivity index (χ0n) is 15.3. The molecule has 0 aromatic heterocycles. The third-order valence-electron chi connectivity index (χ3n) is 3.80. The Bertz CT molecular complexity index is 950. The molecule has 0 saturated heterocycles. The van der Waals surface area contributed by atoms with Gasteiger partial charge in [-0.05, 0) is 24.3 Å². The van der Waals surface area contributed by atoms with Gasteiger partial charge in [-0.1, -0.05) is 0 Å². The number of non-ortho nitro benzene ring substituents is 2. The number of esters is 2. The molecule has 14 heteroatoms. The van der Waals surface area contributed by atoms with Crippen molar-refractivity contribution in [2.45, 2.75) is 4.45 Å². The van der Waals surface area contributed by atoms with E-state index in [2.05, 4.69) is 15.9 Å². The van der Waals surface area contributed by atoms with Crippen LogP contribution in [0.15, 0.2) is 48.5 Å². The molecular formula is C17H12BrN3O10. The van der Waals surface area contributed by atoms with E-state index in [1.165, 1.54) is 0 Å². The van der Waals surface area contributed by atoms with Crippen LogP contribution in [0.4, 0.5) is 11.4 Å². The monoisotopic (exact) mass is 497 g/mol. The van der Waals surface area contributed by atoms with Gasteiger partial charge in [0.1, 0.15) is 0 Å². The van der Waals surface area contributed by atoms with Crippen molar-refractivity contribution >= 4 is 39.2 Å². The van der Waals surface area contributed by atoms with Gasteiger partial charge >= 0.3 is 16.4 Å². The molecule has 0 N–H and O–H groups in total. The van der Waals surface area contributed by atoms with Crippen LogP contribution in [0, 0.1) is 30.3 Å². The minimum absolute atomic E-state index is 0.0772. The Balaban J connectivity index is 2.00. The van der Waals surface area contributed by atoms with Crippen LogP contribution in [0.5, 0.6) is 0 Å². The molecule has 0 heterocycles. The van der Waals surface area contributed by atoms with E-state index in [9.17, 15) is 39.9 Å². The molecule has 0 spiro atoms. The van der Waals surface area contributed by atoms with Gasteiger partial charge < -0.3 is 9.47 Å². The minimum Gasteiger partial charge on any atom is -0.453 e. The van der Waals surface area contributed by atoms with E-state index in [0.717, 1.165) is 48.5 Å². The molecule has 0 atom stereocenters. The Morgan fingerprint density at radius 3 is 1.32 bits per heavy atom. The number of alkyl halides is 1. The first kappa shape index (κ1) is 23.3. The van der Waals surface area contributed by atoms with Crippen LogP contribution in [0.1, 0.15) is 20.7 Å². The smallest absolute Gasteiger partial charge is 0.341 e. The lowest BCUT2D eigenvalue weighted by molar-refractivity contribution is -0.541. The highest BCUT2D eigenvalue weighted by molar-refractivity contribution is 9.10. The summed E-state index contributed by atoms with van der Waals surface area (Å²) in [6.07, 6.45) is 0. The zero-order valence-corrected chi connectivity index (χ0v) is 16.9. The number of rotatable bonds is 9. The molecule has 0 bridgehead atoms. The van der Waals surface area contributed by atoms with E-state index in [4.69, 9.17) is 9.47 Å². The van der Waals surface area contributed by atoms with Crippen molar-refractivity contribution < 1.29 is 33.8 Å². The molecule has 2 rings (SSSR count). The van der Waals surface area contributed by atoms with Crippen LogP contribution in [-0.4, -0.2) is 44.4 Å². The van der Waals surface area contributed by atoms with Crippen LogP contribution in [0.2, 0.25) is 0 Å². The Hall–Kier alpha value is -3.94. The quantitative estimate of drug-likeness (QED) is 0.164. The summed E-state index contributed by atoms with van der Waals surface area (Å²) in [5, 5.41) is 32.6. The lowest BCUT2D eigenvalue weighted by Gasteiger charge is -2.18. The number of carbonyl (C=O) groups is 2. The second kappa shape index (κ2) is 9.71. The number of hydrogen-bond donors (Lipinski definition) is 0. The SMILES string of the molecule is O=C(OCC(Br)(COC(=O)c1ccc([N+](=O)[O-])cc1)[N+](=O)[O-])c1ccc([N+](=O)[O-])cc1. The lowest BCUT2D eigenvalue weighted by Crippen LogP contribution is -2.42. The average molecular weight is 498 g/mol. The zero-order chi connectivity index (χ0) is 23.2. The van der Waals surface area contributed by atoms with Crippen molar-refractivity contribution in [3.05, 3.63) is 90.0 Å². The number of carbonyl (C=O) groups excluding carboxylic acids is 2. The van der Waals surface area contributed by atoms with E-state index in [0.29, 0.717) is 0 Å². The molecule has 2 aromatic rings. The van der Waals surface area contributed by atoms with Crippen molar-refractivity contribution in [2.24, 2.45) is 0 Å². The van der Waals surface area contributed by atoms with E-state index in [-0.39, 0.29) is 22.5 Å². The van der Waals surface area contributed by atoms with Crippen molar-refractivity contribution in [2.75, 3.05) is 13.2 Å². The predicted molar refractivity (Wildman–Crippen MR) is 105 cm³/mol. The molecule has 0 aliphatic carbocycles. The summed E-state index contributed by atoms with van der Waals surface area (Å²) in [4.78, 5) is 54.5. The Labute approximate surface area is 181 Å². The van der Waals surface area contributed by atoms with Gasteiger partial charge in [0.25, 0.3) is 11.4 Å². The van der Waals surface area contributed by atoms with Gasteiger partial charge in [-0.25, -0.2) is 9.59 Å². The van der Waals surface area contributed by atoms with Crippen molar-refractivity contribution in [1.82, 2.24) is 0 Å². The van der Waals surface area contributed by atoms with Crippen molar-refractivity contribution in [1.29, 1.82) is 0 Å². The van der Waals surface area contributed by atoms with Crippen LogP contribution in [0.3, 0.4) is 0 Å². The number of nitrogens with zero attached hydrogens (tertiary/aromatic N) is 3. The van der Waals surface area contributed by atoms with Crippen molar-refractivity contribution in [3.8, 4) is 0 Å². The van der Waals surface area contributed by atoms with Gasteiger partial charge in [-0.15, -0.1) is 0 Å². The van der Waals surface area contributed by atoms with Crippen LogP contribution in [-0.2, 0) is 9.47 Å². The highest BCUT2D eigenvalue weighted by Gasteiger charge is 2.43. The summed E-state index contributed by atoms with van der Waals surface area (Å²) in [5.74, 6) is -1.97.